The van der Waals surface area contributed by atoms with Gasteiger partial charge in [0.25, 0.3) is 0 Å². The van der Waals surface area contributed by atoms with Gasteiger partial charge in [-0.1, -0.05) is 0 Å². The summed E-state index contributed by atoms with van der Waals surface area (Å²) in [5.41, 5.74) is 0. The summed E-state index contributed by atoms with van der Waals surface area (Å²) in [5.74, 6) is -4.56. The number of rotatable bonds is 12. The Balaban J connectivity index is 1.56. The van der Waals surface area contributed by atoms with E-state index in [0.717, 1.165) is 13.8 Å². The largest absolute Gasteiger partial charge is 0.479 e. The first-order valence-electron chi connectivity index (χ1n) is 14.7. The number of carbonyl (C=O) groups is 2. The summed E-state index contributed by atoms with van der Waals surface area (Å²) in [5, 5.41) is 92.4. The van der Waals surface area contributed by atoms with Crippen LogP contribution < -0.4 is 0 Å². The minimum absolute atomic E-state index is 0.613. The highest BCUT2D eigenvalue weighted by Crippen LogP contribution is 2.35. The molecular weight excluding hydrogens is 768 g/mol. The molecule has 300 valence electrons. The molecule has 11 N–H and O–H groups in total. The predicted molar refractivity (Wildman–Crippen MR) is 151 cm³/mol. The zero-order valence-electron chi connectivity index (χ0n) is 26.3. The van der Waals surface area contributed by atoms with Gasteiger partial charge >= 0.3 is 32.7 Å². The highest BCUT2D eigenvalue weighted by Gasteiger charge is 2.57. The Morgan fingerprint density at radius 1 is 0.615 bits per heavy atom. The van der Waals surface area contributed by atoms with Crippen LogP contribution >= 0.6 is 0 Å². The summed E-state index contributed by atoms with van der Waals surface area (Å²) in [4.78, 5) is 23.6. The molecule has 18 atom stereocenters. The van der Waals surface area contributed by atoms with Crippen LogP contribution in [0.2, 0.25) is 0 Å². The van der Waals surface area contributed by atoms with Crippen LogP contribution in [0.4, 0.5) is 0 Å². The van der Waals surface area contributed by atoms with Crippen molar-refractivity contribution in [1.29, 1.82) is 0 Å². The van der Waals surface area contributed by atoms with Crippen molar-refractivity contribution in [2.75, 3.05) is 0 Å². The molecule has 4 heterocycles. The van der Waals surface area contributed by atoms with Crippen molar-refractivity contribution in [2.45, 2.75) is 124 Å². The van der Waals surface area contributed by atoms with Gasteiger partial charge in [-0.05, 0) is 19.9 Å². The fourth-order valence-corrected chi connectivity index (χ4v) is 6.63. The molecule has 0 aromatic heterocycles. The molecule has 52 heavy (non-hydrogen) atoms. The monoisotopic (exact) mass is 804 g/mol. The van der Waals surface area contributed by atoms with E-state index in [2.05, 4.69) is 8.37 Å². The fraction of sp³-hybridized carbons (Fsp3) is 0.833. The standard InChI is InChI=1S/C24H36O26S2/c1-4-13(16(49-51(36,37)38)11(29)21(35)42-4)46-23-10(28)9(27)15(18(48-23)20(33)34)47-24-12(30)17(50-52(39,40)41)14(5(2)43-24)45-22-8(26)6(25)3-7(44-22)19(31)32/h3-6,8-18,21-30,35H,1-2H3,(H,31,32)(H,33,34)(H,36,37,38)(H,39,40,41)/t4-,5-,6-,8+,9+,10+,11+,12+,13-,14-,15-,16-,17-,18-,21+,22-,23+,24-/m0/s1. The summed E-state index contributed by atoms with van der Waals surface area (Å²) in [7, 11) is -10.8. The average Bonchev–Trinajstić information content (AvgIpc) is 3.01. The third-order valence-corrected chi connectivity index (χ3v) is 8.98. The zero-order valence-corrected chi connectivity index (χ0v) is 28.0. The van der Waals surface area contributed by atoms with Crippen molar-refractivity contribution >= 4 is 32.7 Å². The molecule has 0 saturated carbocycles. The maximum Gasteiger partial charge on any atom is 0.397 e. The van der Waals surface area contributed by atoms with Crippen molar-refractivity contribution in [3.63, 3.8) is 0 Å². The van der Waals surface area contributed by atoms with Crippen LogP contribution in [0.5, 0.6) is 0 Å². The summed E-state index contributed by atoms with van der Waals surface area (Å²) in [6.45, 7) is 2.24. The normalized spacial score (nSPS) is 44.7. The lowest BCUT2D eigenvalue weighted by molar-refractivity contribution is -0.372. The van der Waals surface area contributed by atoms with E-state index in [9.17, 15) is 76.9 Å². The minimum atomic E-state index is -5.49. The molecule has 0 amide bonds. The number of aliphatic hydroxyl groups is 7. The number of ether oxygens (including phenoxy) is 7. The van der Waals surface area contributed by atoms with E-state index in [1.807, 2.05) is 0 Å². The van der Waals surface area contributed by atoms with Gasteiger partial charge in [0.05, 0.1) is 12.2 Å². The lowest BCUT2D eigenvalue weighted by Gasteiger charge is -2.48. The van der Waals surface area contributed by atoms with Gasteiger partial charge in [-0.2, -0.15) is 16.8 Å². The Hall–Kier alpha value is -2.30. The summed E-state index contributed by atoms with van der Waals surface area (Å²) in [6.07, 6.45) is -37.2. The second-order valence-electron chi connectivity index (χ2n) is 11.7. The molecule has 0 radical (unpaired) electrons. The van der Waals surface area contributed by atoms with E-state index in [0.29, 0.717) is 6.08 Å². The zero-order chi connectivity index (χ0) is 39.2. The third-order valence-electron chi connectivity index (χ3n) is 8.05. The van der Waals surface area contributed by atoms with Crippen molar-refractivity contribution in [1.82, 2.24) is 0 Å². The first-order valence-corrected chi connectivity index (χ1v) is 17.5. The van der Waals surface area contributed by atoms with Crippen LogP contribution in [-0.4, -0.2) is 194 Å². The van der Waals surface area contributed by atoms with Gasteiger partial charge in [-0.15, -0.1) is 0 Å². The quantitative estimate of drug-likeness (QED) is 0.0817. The van der Waals surface area contributed by atoms with E-state index in [1.165, 1.54) is 0 Å². The van der Waals surface area contributed by atoms with E-state index >= 15 is 0 Å². The number of aliphatic carboxylic acids is 2. The number of aliphatic hydroxyl groups excluding tert-OH is 7. The molecule has 3 saturated heterocycles. The first kappa shape index (κ1) is 42.4. The molecule has 4 rings (SSSR count). The molecule has 0 unspecified atom stereocenters. The van der Waals surface area contributed by atoms with Gasteiger partial charge in [0.1, 0.15) is 67.1 Å². The lowest BCUT2D eigenvalue weighted by Crippen LogP contribution is -2.67. The third kappa shape index (κ3) is 9.67. The number of carboxylic acids is 2. The smallest absolute Gasteiger partial charge is 0.397 e. The molecule has 0 aliphatic carbocycles. The molecule has 28 heteroatoms. The van der Waals surface area contributed by atoms with Crippen molar-refractivity contribution < 1.29 is 123 Å². The SMILES string of the molecule is C[C@@H]1O[C@@H](O)[C@H](O)[C@H](OS(=O)(=O)O)[C@H]1O[C@@H]1O[C@H](C(=O)O)[C@@H](O[C@@H]2O[C@@H](C)[C@H](O[C@@H]3OC(C(=O)O)=C[C@H](O)[C@H]3O)[C@@H](OS(=O)(=O)O)[C@H]2O)[C@H](O)[C@H]1O. The van der Waals surface area contributed by atoms with Gasteiger partial charge in [0, 0.05) is 0 Å². The van der Waals surface area contributed by atoms with E-state index in [-0.39, 0.29) is 0 Å². The number of hydrogen-bond donors (Lipinski definition) is 11. The van der Waals surface area contributed by atoms with Gasteiger partial charge in [0.2, 0.25) is 12.0 Å². The second-order valence-corrected chi connectivity index (χ2v) is 13.8. The van der Waals surface area contributed by atoms with E-state index < -0.39 is 149 Å². The molecule has 4 aliphatic rings. The first-order chi connectivity index (χ1) is 23.9. The molecule has 0 spiro atoms. The van der Waals surface area contributed by atoms with Crippen molar-refractivity contribution in [3.8, 4) is 0 Å². The van der Waals surface area contributed by atoms with Gasteiger partial charge in [-0.25, -0.2) is 18.0 Å². The van der Waals surface area contributed by atoms with Crippen molar-refractivity contribution in [2.24, 2.45) is 0 Å². The molecule has 26 nitrogen and oxygen atoms in total. The van der Waals surface area contributed by atoms with Crippen LogP contribution in [0, 0.1) is 0 Å². The summed E-state index contributed by atoms with van der Waals surface area (Å²) >= 11 is 0. The van der Waals surface area contributed by atoms with Gasteiger partial charge < -0.3 is 79.1 Å². The molecule has 0 aromatic carbocycles. The van der Waals surface area contributed by atoms with Gasteiger partial charge in [-0.3, -0.25) is 9.11 Å². The Kier molecular flexibility index (Phi) is 13.2. The van der Waals surface area contributed by atoms with Crippen molar-refractivity contribution in [3.05, 3.63) is 11.8 Å². The Morgan fingerprint density at radius 2 is 1.10 bits per heavy atom. The Morgan fingerprint density at radius 3 is 1.62 bits per heavy atom. The average molecular weight is 805 g/mol. The lowest BCUT2D eigenvalue weighted by atomic mass is 9.96. The van der Waals surface area contributed by atoms with Crippen LogP contribution in [0.1, 0.15) is 13.8 Å². The van der Waals surface area contributed by atoms with E-state index in [4.69, 9.17) is 37.7 Å². The van der Waals surface area contributed by atoms with Crippen LogP contribution in [0.15, 0.2) is 11.8 Å². The topological polar surface area (TPSA) is 408 Å². The van der Waals surface area contributed by atoms with Crippen LogP contribution in [-0.2, 0) is 71.9 Å². The second kappa shape index (κ2) is 16.2. The highest BCUT2D eigenvalue weighted by molar-refractivity contribution is 7.81. The summed E-state index contributed by atoms with van der Waals surface area (Å²) in [6, 6.07) is 0. The molecular formula is C24H36O26S2. The maximum absolute atomic E-state index is 12.3. The molecule has 0 bridgehead atoms. The van der Waals surface area contributed by atoms with Gasteiger partial charge in [0.15, 0.2) is 25.0 Å². The Labute approximate surface area is 292 Å². The maximum atomic E-state index is 12.3. The summed E-state index contributed by atoms with van der Waals surface area (Å²) < 4.78 is 111. The van der Waals surface area contributed by atoms with Crippen LogP contribution in [0.3, 0.4) is 0 Å². The van der Waals surface area contributed by atoms with Crippen LogP contribution in [0.25, 0.3) is 0 Å². The highest BCUT2D eigenvalue weighted by atomic mass is 32.3. The fourth-order valence-electron chi connectivity index (χ4n) is 5.62. The molecule has 3 fully saturated rings. The predicted octanol–water partition coefficient (Wildman–Crippen LogP) is -6.70. The number of hydrogen-bond acceptors (Lipinski definition) is 22. The number of carboxylic acid groups (broad SMARTS) is 2. The van der Waals surface area contributed by atoms with E-state index in [1.54, 1.807) is 0 Å². The molecule has 4 aliphatic heterocycles. The Bertz CT molecular complexity index is 1540. The molecule has 0 aromatic rings. The minimum Gasteiger partial charge on any atom is -0.479 e.